The van der Waals surface area contributed by atoms with Gasteiger partial charge in [0, 0.05) is 48.8 Å². The molecule has 2 atom stereocenters. The Balaban J connectivity index is 1.35. The normalized spacial score (nSPS) is 12.1. The first-order chi connectivity index (χ1) is 24.4. The fourth-order valence-electron chi connectivity index (χ4n) is 5.09. The number of carboxylic acids is 1. The molecule has 4 rings (SSSR count). The molecule has 0 aliphatic rings. The molecular weight excluding hydrogens is 668 g/mol. The Hall–Kier alpha value is -6.04. The van der Waals surface area contributed by atoms with Gasteiger partial charge in [0.1, 0.15) is 6.04 Å². The largest absolute Gasteiger partial charge is 0.494 e. The van der Waals surface area contributed by atoms with Gasteiger partial charge in [-0.15, -0.1) is 0 Å². The lowest BCUT2D eigenvalue weighted by atomic mass is 10.1. The fourth-order valence-corrected chi connectivity index (χ4v) is 5.09. The second kappa shape index (κ2) is 17.6. The average molecular weight is 710 g/mol. The van der Waals surface area contributed by atoms with Gasteiger partial charge in [0.25, 0.3) is 0 Å². The summed E-state index contributed by atoms with van der Waals surface area (Å²) < 4.78 is 35.8. The Morgan fingerprint density at radius 1 is 1.08 bits per heavy atom. The van der Waals surface area contributed by atoms with Gasteiger partial charge in [-0.2, -0.15) is 4.39 Å². The number of aryl methyl sites for hydroxylation is 1. The molecule has 0 aliphatic carbocycles. The van der Waals surface area contributed by atoms with Gasteiger partial charge in [-0.25, -0.2) is 14.4 Å². The van der Waals surface area contributed by atoms with E-state index in [2.05, 4.69) is 36.2 Å². The van der Waals surface area contributed by atoms with E-state index in [9.17, 15) is 23.2 Å². The van der Waals surface area contributed by atoms with Gasteiger partial charge in [-0.1, -0.05) is 6.92 Å². The van der Waals surface area contributed by atoms with Crippen LogP contribution in [0.2, 0.25) is 0 Å². The summed E-state index contributed by atoms with van der Waals surface area (Å²) in [5.74, 6) is -4.51. The monoisotopic (exact) mass is 709 g/mol. The Labute approximate surface area is 291 Å². The molecule has 0 bridgehead atoms. The Kier molecular flexibility index (Phi) is 13.0. The molecule has 4 aromatic rings. The molecule has 16 nitrogen and oxygen atoms in total. The summed E-state index contributed by atoms with van der Waals surface area (Å²) >= 11 is 0. The number of aliphatic carboxylic acids is 1. The van der Waals surface area contributed by atoms with Gasteiger partial charge < -0.3 is 48.3 Å². The molecule has 11 N–H and O–H groups in total. The lowest BCUT2D eigenvalue weighted by Crippen LogP contribution is -2.53. The number of guanidine groups is 1. The summed E-state index contributed by atoms with van der Waals surface area (Å²) in [6, 6.07) is 6.26. The smallest absolute Gasteiger partial charge is 0.303 e. The molecule has 2 amide bonds. The molecule has 2 aromatic heterocycles. The van der Waals surface area contributed by atoms with Gasteiger partial charge in [0.2, 0.25) is 17.6 Å². The number of methoxy groups -OCH3 is 1. The van der Waals surface area contributed by atoms with E-state index in [1.54, 1.807) is 10.6 Å². The van der Waals surface area contributed by atoms with Crippen molar-refractivity contribution in [3.63, 3.8) is 0 Å². The molecule has 2 heterocycles. The number of ether oxygens (including phenoxy) is 1. The fraction of sp³-hybridized carbons (Fsp3) is 0.333. The minimum atomic E-state index is -1.12. The van der Waals surface area contributed by atoms with Crippen molar-refractivity contribution >= 4 is 46.6 Å². The number of hydrogen-bond acceptors (Lipinski definition) is 10. The third-order valence-corrected chi connectivity index (χ3v) is 7.78. The molecular formula is C33H41F2N11O5. The number of carbonyl (C=O) groups is 3. The maximum absolute atomic E-state index is 14.9. The number of anilines is 3. The van der Waals surface area contributed by atoms with E-state index in [1.165, 1.54) is 31.6 Å². The first-order valence-corrected chi connectivity index (χ1v) is 16.0. The highest BCUT2D eigenvalue weighted by Gasteiger charge is 2.24. The number of carboxylic acid groups (broad SMARTS) is 1. The highest BCUT2D eigenvalue weighted by atomic mass is 19.2. The maximum Gasteiger partial charge on any atom is 0.303 e. The number of nitrogens with zero attached hydrogens (tertiary/aromatic N) is 4. The number of rotatable bonds is 18. The Morgan fingerprint density at radius 2 is 1.86 bits per heavy atom. The molecule has 2 aromatic carbocycles. The molecule has 1 unspecified atom stereocenters. The summed E-state index contributed by atoms with van der Waals surface area (Å²) in [4.78, 5) is 48.7. The van der Waals surface area contributed by atoms with Crippen molar-refractivity contribution in [3.05, 3.63) is 66.1 Å². The van der Waals surface area contributed by atoms with E-state index in [1.807, 2.05) is 25.1 Å². The van der Waals surface area contributed by atoms with E-state index in [0.717, 1.165) is 16.9 Å². The highest BCUT2D eigenvalue weighted by Crippen LogP contribution is 2.32. The molecule has 0 radical (unpaired) electrons. The number of halogens is 2. The van der Waals surface area contributed by atoms with Gasteiger partial charge in [-0.05, 0) is 55.2 Å². The summed E-state index contributed by atoms with van der Waals surface area (Å²) in [6.45, 7) is 2.55. The lowest BCUT2D eigenvalue weighted by Gasteiger charge is -2.19. The summed E-state index contributed by atoms with van der Waals surface area (Å²) in [5.41, 5.74) is 19.9. The standard InChI is InChI=1S/C33H41F2N11O5/c1-3-18-15-19(44-29-30-42-17-24(46(30)14-13-40-29)20-6-9-25(51-2)28(35)27(20)34)5-8-22(18)39-11-4-12-41-32(50)23(16-43-33(37)38)45-31(49)21(36)7-10-26(47)48/h5-6,8-9,13-15,17,21,23,39H,3-4,7,10-12,16,36H2,1-2H3,(H,40,44)(H,41,50)(H,45,49)(H,47,48)(H4,37,38,43)/t21-,23?/m0/s1. The number of aromatic nitrogens is 3. The second-order valence-corrected chi connectivity index (χ2v) is 11.3. The molecule has 0 saturated carbocycles. The highest BCUT2D eigenvalue weighted by molar-refractivity contribution is 5.90. The van der Waals surface area contributed by atoms with Crippen molar-refractivity contribution in [1.82, 2.24) is 25.0 Å². The summed E-state index contributed by atoms with van der Waals surface area (Å²) in [6.07, 6.45) is 5.41. The van der Waals surface area contributed by atoms with Crippen LogP contribution < -0.4 is 43.2 Å². The van der Waals surface area contributed by atoms with Crippen LogP contribution >= 0.6 is 0 Å². The first-order valence-electron chi connectivity index (χ1n) is 16.0. The Morgan fingerprint density at radius 3 is 2.57 bits per heavy atom. The topological polar surface area (TPSA) is 249 Å². The zero-order valence-electron chi connectivity index (χ0n) is 28.1. The van der Waals surface area contributed by atoms with Crippen LogP contribution in [0.25, 0.3) is 16.9 Å². The van der Waals surface area contributed by atoms with E-state index in [4.69, 9.17) is 27.0 Å². The van der Waals surface area contributed by atoms with E-state index in [0.29, 0.717) is 36.5 Å². The van der Waals surface area contributed by atoms with Crippen LogP contribution in [0.4, 0.5) is 26.0 Å². The van der Waals surface area contributed by atoms with Crippen molar-refractivity contribution in [3.8, 4) is 17.0 Å². The predicted octanol–water partition coefficient (Wildman–Crippen LogP) is 1.86. The quantitative estimate of drug-likeness (QED) is 0.0419. The molecule has 0 saturated heterocycles. The zero-order valence-corrected chi connectivity index (χ0v) is 28.1. The van der Waals surface area contributed by atoms with Crippen molar-refractivity contribution in [2.24, 2.45) is 22.2 Å². The van der Waals surface area contributed by atoms with Gasteiger partial charge >= 0.3 is 5.97 Å². The lowest BCUT2D eigenvalue weighted by molar-refractivity contribution is -0.137. The number of amides is 2. The van der Waals surface area contributed by atoms with Crippen LogP contribution in [-0.4, -0.2) is 82.0 Å². The zero-order chi connectivity index (χ0) is 37.1. The average Bonchev–Trinajstić information content (AvgIpc) is 3.54. The molecule has 51 heavy (non-hydrogen) atoms. The van der Waals surface area contributed by atoms with E-state index < -0.39 is 41.5 Å². The Bertz CT molecular complexity index is 1900. The maximum atomic E-state index is 14.9. The van der Waals surface area contributed by atoms with Gasteiger partial charge in [0.15, 0.2) is 29.0 Å². The van der Waals surface area contributed by atoms with Crippen LogP contribution in [-0.2, 0) is 20.8 Å². The summed E-state index contributed by atoms with van der Waals surface area (Å²) in [5, 5.41) is 20.7. The van der Waals surface area contributed by atoms with Crippen molar-refractivity contribution in [2.75, 3.05) is 37.4 Å². The second-order valence-electron chi connectivity index (χ2n) is 11.3. The van der Waals surface area contributed by atoms with Crippen molar-refractivity contribution < 1.29 is 33.0 Å². The van der Waals surface area contributed by atoms with Crippen LogP contribution in [0.1, 0.15) is 31.7 Å². The molecule has 272 valence electrons. The molecule has 18 heteroatoms. The van der Waals surface area contributed by atoms with Crippen molar-refractivity contribution in [2.45, 2.75) is 44.7 Å². The number of aliphatic imine (C=N–C) groups is 1. The molecule has 0 aliphatic heterocycles. The number of nitrogens with two attached hydrogens (primary N) is 3. The first kappa shape index (κ1) is 37.8. The van der Waals surface area contributed by atoms with E-state index >= 15 is 0 Å². The minimum Gasteiger partial charge on any atom is -0.494 e. The number of benzene rings is 2. The SMILES string of the molecule is CCc1cc(Nc2nccn3c(-c4ccc(OC)c(F)c4F)cnc23)ccc1NCCCNC(=O)C(CN=C(N)N)NC(=O)[C@@H](N)CCC(=O)O. The number of nitrogens with one attached hydrogen (secondary N) is 4. The molecule has 0 spiro atoms. The number of fused-ring (bicyclic) bond motifs is 1. The number of hydrogen-bond donors (Lipinski definition) is 8. The van der Waals surface area contributed by atoms with Crippen LogP contribution in [0.5, 0.6) is 5.75 Å². The van der Waals surface area contributed by atoms with Gasteiger partial charge in [0.05, 0.1) is 31.6 Å². The van der Waals surface area contributed by atoms with Crippen LogP contribution in [0.3, 0.4) is 0 Å². The minimum absolute atomic E-state index is 0.0217. The van der Waals surface area contributed by atoms with E-state index in [-0.39, 0.29) is 43.2 Å². The number of carbonyl (C=O) groups excluding carboxylic acids is 2. The van der Waals surface area contributed by atoms with Crippen LogP contribution in [0.15, 0.2) is 53.9 Å². The van der Waals surface area contributed by atoms with Crippen molar-refractivity contribution in [1.29, 1.82) is 0 Å². The summed E-state index contributed by atoms with van der Waals surface area (Å²) in [7, 11) is 1.26. The predicted molar refractivity (Wildman–Crippen MR) is 188 cm³/mol. The third-order valence-electron chi connectivity index (χ3n) is 7.78. The van der Waals surface area contributed by atoms with Crippen LogP contribution in [0, 0.1) is 11.6 Å². The number of imidazole rings is 1. The van der Waals surface area contributed by atoms with Gasteiger partial charge in [-0.3, -0.25) is 23.8 Å². The third kappa shape index (κ3) is 9.78. The molecule has 0 fully saturated rings.